The van der Waals surface area contributed by atoms with Gasteiger partial charge in [0, 0.05) is 23.2 Å². The van der Waals surface area contributed by atoms with Crippen LogP contribution in [-0.2, 0) is 6.42 Å². The highest BCUT2D eigenvalue weighted by Gasteiger charge is 2.19. The van der Waals surface area contributed by atoms with Crippen molar-refractivity contribution in [2.45, 2.75) is 25.8 Å². The lowest BCUT2D eigenvalue weighted by atomic mass is 9.84. The van der Waals surface area contributed by atoms with Gasteiger partial charge in [0.25, 0.3) is 0 Å². The third kappa shape index (κ3) is 4.56. The van der Waals surface area contributed by atoms with Gasteiger partial charge in [0.05, 0.1) is 6.04 Å². The molecule has 0 radical (unpaired) electrons. The van der Waals surface area contributed by atoms with Crippen LogP contribution in [0.5, 0.6) is 0 Å². The summed E-state index contributed by atoms with van der Waals surface area (Å²) < 4.78 is 0. The van der Waals surface area contributed by atoms with E-state index in [1.165, 1.54) is 60.5 Å². The van der Waals surface area contributed by atoms with Crippen molar-refractivity contribution in [2.75, 3.05) is 0 Å². The van der Waals surface area contributed by atoms with Crippen molar-refractivity contribution in [3.05, 3.63) is 162 Å². The fraction of sp³-hybridized carbons (Fsp3) is 0.0976. The predicted octanol–water partition coefficient (Wildman–Crippen LogP) is 10.2. The van der Waals surface area contributed by atoms with Crippen LogP contribution in [0.4, 0.5) is 0 Å². The number of aromatic nitrogens is 1. The molecule has 1 atom stereocenters. The van der Waals surface area contributed by atoms with E-state index >= 15 is 0 Å². The van der Waals surface area contributed by atoms with Crippen LogP contribution in [0.15, 0.2) is 134 Å². The quantitative estimate of drug-likeness (QED) is 0.220. The summed E-state index contributed by atoms with van der Waals surface area (Å²) in [6.07, 6.45) is 15.2. The third-order valence-corrected chi connectivity index (χ3v) is 8.88. The Kier molecular flexibility index (Phi) is 6.26. The van der Waals surface area contributed by atoms with Crippen LogP contribution < -0.4 is 5.32 Å². The minimum Gasteiger partial charge on any atom is -0.374 e. The van der Waals surface area contributed by atoms with E-state index < -0.39 is 0 Å². The fourth-order valence-corrected chi connectivity index (χ4v) is 6.76. The Balaban J connectivity index is 1.27. The topological polar surface area (TPSA) is 24.9 Å². The van der Waals surface area contributed by atoms with E-state index in [9.17, 15) is 0 Å². The Morgan fingerprint density at radius 3 is 2.09 bits per heavy atom. The van der Waals surface area contributed by atoms with Gasteiger partial charge in [0.2, 0.25) is 0 Å². The van der Waals surface area contributed by atoms with Crippen molar-refractivity contribution >= 4 is 33.3 Å². The molecule has 1 aliphatic heterocycles. The highest BCUT2D eigenvalue weighted by atomic mass is 14.9. The lowest BCUT2D eigenvalue weighted by molar-refractivity contribution is 0.763. The lowest BCUT2D eigenvalue weighted by Crippen LogP contribution is -2.20. The van der Waals surface area contributed by atoms with Gasteiger partial charge in [-0.1, -0.05) is 109 Å². The summed E-state index contributed by atoms with van der Waals surface area (Å²) in [5, 5.41) is 8.89. The molecule has 0 fully saturated rings. The van der Waals surface area contributed by atoms with E-state index in [1.807, 2.05) is 13.1 Å². The second kappa shape index (κ2) is 10.6. The average Bonchev–Trinajstić information content (AvgIpc) is 3.07. The maximum Gasteiger partial charge on any atom is 0.0701 e. The number of fused-ring (bicyclic) bond motifs is 3. The minimum atomic E-state index is 0.0719. The highest BCUT2D eigenvalue weighted by Crippen LogP contribution is 2.44. The molecular weight excluding hydrogens is 520 g/mol. The first-order chi connectivity index (χ1) is 21.2. The van der Waals surface area contributed by atoms with Gasteiger partial charge in [-0.25, -0.2) is 0 Å². The van der Waals surface area contributed by atoms with Crippen LogP contribution in [0.1, 0.15) is 40.4 Å². The van der Waals surface area contributed by atoms with E-state index in [1.54, 1.807) is 0 Å². The van der Waals surface area contributed by atoms with Crippen molar-refractivity contribution < 1.29 is 0 Å². The molecule has 6 aromatic rings. The molecule has 0 saturated carbocycles. The Labute approximate surface area is 252 Å². The molecule has 0 spiro atoms. The molecule has 1 N–H and O–H groups in total. The van der Waals surface area contributed by atoms with Gasteiger partial charge in [-0.15, -0.1) is 0 Å². The number of hydrogen-bond acceptors (Lipinski definition) is 2. The lowest BCUT2D eigenvalue weighted by Gasteiger charge is -2.23. The first kappa shape index (κ1) is 25.5. The van der Waals surface area contributed by atoms with E-state index in [4.69, 9.17) is 0 Å². The van der Waals surface area contributed by atoms with Crippen molar-refractivity contribution in [3.63, 3.8) is 0 Å². The van der Waals surface area contributed by atoms with Crippen LogP contribution in [0.2, 0.25) is 0 Å². The molecule has 2 heterocycles. The van der Waals surface area contributed by atoms with Gasteiger partial charge in [-0.2, -0.15) is 0 Å². The molecule has 0 saturated heterocycles. The molecule has 206 valence electrons. The molecular formula is C41H32N2. The summed E-state index contributed by atoms with van der Waals surface area (Å²) in [5.41, 5.74) is 12.4. The normalized spacial score (nSPS) is 15.7. The maximum absolute atomic E-state index is 4.51. The molecule has 1 aromatic heterocycles. The summed E-state index contributed by atoms with van der Waals surface area (Å²) in [4.78, 5) is 4.51. The summed E-state index contributed by atoms with van der Waals surface area (Å²) >= 11 is 0. The molecule has 43 heavy (non-hydrogen) atoms. The van der Waals surface area contributed by atoms with Gasteiger partial charge in [-0.05, 0) is 105 Å². The largest absolute Gasteiger partial charge is 0.374 e. The van der Waals surface area contributed by atoms with Gasteiger partial charge < -0.3 is 5.32 Å². The molecule has 1 unspecified atom stereocenters. The van der Waals surface area contributed by atoms with Gasteiger partial charge in [0.1, 0.15) is 0 Å². The van der Waals surface area contributed by atoms with Crippen molar-refractivity contribution in [1.82, 2.24) is 10.3 Å². The number of rotatable bonds is 4. The zero-order chi connectivity index (χ0) is 28.8. The number of hydrogen-bond donors (Lipinski definition) is 1. The zero-order valence-corrected chi connectivity index (χ0v) is 24.2. The Morgan fingerprint density at radius 1 is 0.698 bits per heavy atom. The summed E-state index contributed by atoms with van der Waals surface area (Å²) in [7, 11) is 0. The summed E-state index contributed by atoms with van der Waals surface area (Å²) in [6, 6.07) is 38.2. The Morgan fingerprint density at radius 2 is 1.40 bits per heavy atom. The molecule has 2 heteroatoms. The Bertz CT molecular complexity index is 2050. The third-order valence-electron chi connectivity index (χ3n) is 8.88. The minimum absolute atomic E-state index is 0.0719. The number of aryl methyl sites for hydroxylation is 2. The van der Waals surface area contributed by atoms with Crippen LogP contribution in [0, 0.1) is 6.92 Å². The number of nitrogens with one attached hydrogen (secondary N) is 1. The van der Waals surface area contributed by atoms with Crippen molar-refractivity contribution in [3.8, 4) is 22.3 Å². The predicted molar refractivity (Wildman–Crippen MR) is 182 cm³/mol. The molecule has 0 bridgehead atoms. The van der Waals surface area contributed by atoms with Gasteiger partial charge in [0.15, 0.2) is 0 Å². The number of dihydropyridines is 1. The Hall–Kier alpha value is -5.21. The van der Waals surface area contributed by atoms with E-state index in [2.05, 4.69) is 144 Å². The van der Waals surface area contributed by atoms with Crippen LogP contribution in [0.25, 0.3) is 55.6 Å². The molecule has 8 rings (SSSR count). The number of nitrogens with zero attached hydrogens (tertiary/aromatic N) is 1. The monoisotopic (exact) mass is 552 g/mol. The number of pyridine rings is 1. The van der Waals surface area contributed by atoms with Gasteiger partial charge in [-0.3, -0.25) is 4.98 Å². The number of benzene rings is 5. The maximum atomic E-state index is 4.51. The van der Waals surface area contributed by atoms with Crippen molar-refractivity contribution in [2.24, 2.45) is 0 Å². The zero-order valence-electron chi connectivity index (χ0n) is 24.2. The SMILES string of the molecule is Cc1ccc(C2=CC=CC(c3cccc(-c4c5ccccc5c(-c5ccc6c(c5)CCC=C6)c5ccccc45)c3)N2)cn1. The molecule has 1 aliphatic carbocycles. The first-order valence-electron chi connectivity index (χ1n) is 15.1. The first-order valence-corrected chi connectivity index (χ1v) is 15.1. The second-order valence-corrected chi connectivity index (χ2v) is 11.6. The van der Waals surface area contributed by atoms with Crippen LogP contribution in [0.3, 0.4) is 0 Å². The van der Waals surface area contributed by atoms with Crippen LogP contribution >= 0.6 is 0 Å². The molecule has 0 amide bonds. The van der Waals surface area contributed by atoms with Crippen molar-refractivity contribution in [1.29, 1.82) is 0 Å². The highest BCUT2D eigenvalue weighted by molar-refractivity contribution is 6.21. The van der Waals surface area contributed by atoms with Crippen LogP contribution in [-0.4, -0.2) is 4.98 Å². The smallest absolute Gasteiger partial charge is 0.0701 e. The average molecular weight is 553 g/mol. The molecule has 2 nitrogen and oxygen atoms in total. The van der Waals surface area contributed by atoms with Gasteiger partial charge >= 0.3 is 0 Å². The standard InChI is InChI=1S/C41H32N2/c1-27-20-21-33(26-42-27)39-19-9-18-38(43-39)30-12-8-13-31(25-30)40-34-14-4-6-16-36(34)41(37-17-7-5-15-35(37)40)32-23-22-28-10-2-3-11-29(28)24-32/h2,4-10,12-26,38,43H,3,11H2,1H3. The summed E-state index contributed by atoms with van der Waals surface area (Å²) in [6.45, 7) is 2.02. The summed E-state index contributed by atoms with van der Waals surface area (Å²) in [5.74, 6) is 0. The van der Waals surface area contributed by atoms with E-state index in [-0.39, 0.29) is 6.04 Å². The second-order valence-electron chi connectivity index (χ2n) is 11.6. The number of allylic oxidation sites excluding steroid dienone is 3. The van der Waals surface area contributed by atoms with E-state index in [0.29, 0.717) is 0 Å². The van der Waals surface area contributed by atoms with E-state index in [0.717, 1.165) is 29.8 Å². The fourth-order valence-electron chi connectivity index (χ4n) is 6.76. The molecule has 2 aliphatic rings. The molecule has 5 aromatic carbocycles.